The van der Waals surface area contributed by atoms with Crippen LogP contribution in [0.1, 0.15) is 12.8 Å². The summed E-state index contributed by atoms with van der Waals surface area (Å²) in [4.78, 5) is 0. The molecule has 0 spiro atoms. The lowest BCUT2D eigenvalue weighted by Gasteiger charge is -2.17. The van der Waals surface area contributed by atoms with Crippen LogP contribution >= 0.6 is 0 Å². The van der Waals surface area contributed by atoms with Crippen LogP contribution < -0.4 is 20.1 Å². The predicted octanol–water partition coefficient (Wildman–Crippen LogP) is 5.32. The van der Waals surface area contributed by atoms with Crippen LogP contribution in [0.15, 0.2) is 72.8 Å². The Kier molecular flexibility index (Phi) is 5.78. The summed E-state index contributed by atoms with van der Waals surface area (Å²) in [6, 6.07) is 24.9. The van der Waals surface area contributed by atoms with Crippen molar-refractivity contribution in [2.45, 2.75) is 18.9 Å². The Morgan fingerprint density at radius 3 is 2.43 bits per heavy atom. The van der Waals surface area contributed by atoms with Crippen molar-refractivity contribution in [1.82, 2.24) is 5.32 Å². The van der Waals surface area contributed by atoms with Crippen molar-refractivity contribution < 1.29 is 9.47 Å². The summed E-state index contributed by atoms with van der Waals surface area (Å²) in [7, 11) is 1.66. The second-order valence-corrected chi connectivity index (χ2v) is 7.03. The molecule has 4 nitrogen and oxygen atoms in total. The van der Waals surface area contributed by atoms with Gasteiger partial charge >= 0.3 is 0 Å². The van der Waals surface area contributed by atoms with E-state index in [4.69, 9.17) is 9.47 Å². The molecule has 2 N–H and O–H groups in total. The second kappa shape index (κ2) is 8.81. The molecule has 1 fully saturated rings. The second-order valence-electron chi connectivity index (χ2n) is 7.03. The van der Waals surface area contributed by atoms with Gasteiger partial charge in [0.05, 0.1) is 12.8 Å². The lowest BCUT2D eigenvalue weighted by atomic mass is 10.0. The van der Waals surface area contributed by atoms with Crippen LogP contribution in [-0.4, -0.2) is 26.2 Å². The average molecular weight is 374 g/mol. The standard InChI is InChI=1S/C24H26N2O2/c1-27-21-10-12-22(13-11-21)28-24-16-19(18-6-3-2-4-7-18)9-14-23(24)26-17-20-8-5-15-25-20/h2-4,6-7,9-14,16,20,25-26H,5,8,15,17H2,1H3/t20-/m0/s1. The van der Waals surface area contributed by atoms with Gasteiger partial charge in [-0.25, -0.2) is 0 Å². The van der Waals surface area contributed by atoms with Gasteiger partial charge in [-0.15, -0.1) is 0 Å². The first kappa shape index (κ1) is 18.4. The fraction of sp³-hybridized carbons (Fsp3) is 0.250. The summed E-state index contributed by atoms with van der Waals surface area (Å²) in [6.45, 7) is 2.00. The van der Waals surface area contributed by atoms with Gasteiger partial charge < -0.3 is 20.1 Å². The fourth-order valence-electron chi connectivity index (χ4n) is 3.50. The smallest absolute Gasteiger partial charge is 0.151 e. The minimum absolute atomic E-state index is 0.516. The number of methoxy groups -OCH3 is 1. The highest BCUT2D eigenvalue weighted by Crippen LogP contribution is 2.34. The molecule has 4 heteroatoms. The first-order valence-corrected chi connectivity index (χ1v) is 9.80. The Morgan fingerprint density at radius 1 is 0.929 bits per heavy atom. The van der Waals surface area contributed by atoms with E-state index in [9.17, 15) is 0 Å². The number of benzene rings is 3. The first-order valence-electron chi connectivity index (χ1n) is 9.80. The number of hydrogen-bond donors (Lipinski definition) is 2. The molecule has 3 aromatic rings. The number of hydrogen-bond acceptors (Lipinski definition) is 4. The Balaban J connectivity index is 1.59. The molecule has 0 aromatic heterocycles. The molecule has 0 radical (unpaired) electrons. The summed E-state index contributed by atoms with van der Waals surface area (Å²) in [5.74, 6) is 2.42. The topological polar surface area (TPSA) is 42.5 Å². The third-order valence-corrected chi connectivity index (χ3v) is 5.08. The fourth-order valence-corrected chi connectivity index (χ4v) is 3.50. The molecule has 4 rings (SSSR count). The quantitative estimate of drug-likeness (QED) is 0.587. The molecule has 28 heavy (non-hydrogen) atoms. The molecular weight excluding hydrogens is 348 g/mol. The third kappa shape index (κ3) is 4.46. The zero-order valence-corrected chi connectivity index (χ0v) is 16.2. The van der Waals surface area contributed by atoms with E-state index in [1.165, 1.54) is 18.4 Å². The number of anilines is 1. The van der Waals surface area contributed by atoms with Crippen molar-refractivity contribution in [2.75, 3.05) is 25.5 Å². The van der Waals surface area contributed by atoms with Gasteiger partial charge in [-0.1, -0.05) is 36.4 Å². The van der Waals surface area contributed by atoms with Crippen molar-refractivity contribution in [3.63, 3.8) is 0 Å². The predicted molar refractivity (Wildman–Crippen MR) is 114 cm³/mol. The summed E-state index contributed by atoms with van der Waals surface area (Å²) in [6.07, 6.45) is 2.46. The molecule has 144 valence electrons. The van der Waals surface area contributed by atoms with Crippen LogP contribution in [0, 0.1) is 0 Å². The first-order chi connectivity index (χ1) is 13.8. The molecule has 3 aromatic carbocycles. The molecule has 0 bridgehead atoms. The van der Waals surface area contributed by atoms with Gasteiger partial charge in [-0.3, -0.25) is 0 Å². The van der Waals surface area contributed by atoms with Crippen molar-refractivity contribution >= 4 is 5.69 Å². The highest BCUT2D eigenvalue weighted by atomic mass is 16.5. The Hall–Kier alpha value is -2.98. The van der Waals surface area contributed by atoms with Crippen molar-refractivity contribution in [1.29, 1.82) is 0 Å². The molecule has 0 saturated carbocycles. The molecule has 1 aliphatic rings. The zero-order chi connectivity index (χ0) is 19.2. The van der Waals surface area contributed by atoms with Crippen LogP contribution in [-0.2, 0) is 0 Å². The maximum Gasteiger partial charge on any atom is 0.151 e. The van der Waals surface area contributed by atoms with E-state index in [0.29, 0.717) is 6.04 Å². The minimum atomic E-state index is 0.516. The van der Waals surface area contributed by atoms with Crippen molar-refractivity contribution in [2.24, 2.45) is 0 Å². The van der Waals surface area contributed by atoms with Crippen LogP contribution in [0.5, 0.6) is 17.2 Å². The van der Waals surface area contributed by atoms with E-state index in [1.807, 2.05) is 30.3 Å². The maximum atomic E-state index is 6.25. The van der Waals surface area contributed by atoms with Crippen molar-refractivity contribution in [3.05, 3.63) is 72.8 Å². The minimum Gasteiger partial charge on any atom is -0.497 e. The monoisotopic (exact) mass is 374 g/mol. The van der Waals surface area contributed by atoms with Gasteiger partial charge in [0.2, 0.25) is 0 Å². The SMILES string of the molecule is COc1ccc(Oc2cc(-c3ccccc3)ccc2NC[C@@H]2CCCN2)cc1. The summed E-state index contributed by atoms with van der Waals surface area (Å²) in [5.41, 5.74) is 3.31. The summed E-state index contributed by atoms with van der Waals surface area (Å²) < 4.78 is 11.5. The molecule has 1 heterocycles. The van der Waals surface area contributed by atoms with Crippen LogP contribution in [0.2, 0.25) is 0 Å². The lowest BCUT2D eigenvalue weighted by Crippen LogP contribution is -2.29. The Labute approximate surface area is 166 Å². The molecule has 1 aliphatic heterocycles. The van der Waals surface area contributed by atoms with Crippen LogP contribution in [0.3, 0.4) is 0 Å². The van der Waals surface area contributed by atoms with Gasteiger partial charge in [0.15, 0.2) is 5.75 Å². The normalized spacial score (nSPS) is 16.0. The van der Waals surface area contributed by atoms with E-state index >= 15 is 0 Å². The molecule has 0 aliphatic carbocycles. The lowest BCUT2D eigenvalue weighted by molar-refractivity contribution is 0.413. The van der Waals surface area contributed by atoms with Gasteiger partial charge in [-0.2, -0.15) is 0 Å². The summed E-state index contributed by atoms with van der Waals surface area (Å²) in [5, 5.41) is 7.09. The maximum absolute atomic E-state index is 6.25. The molecular formula is C24H26N2O2. The van der Waals surface area contributed by atoms with E-state index in [2.05, 4.69) is 53.1 Å². The van der Waals surface area contributed by atoms with Crippen LogP contribution in [0.4, 0.5) is 5.69 Å². The molecule has 0 amide bonds. The van der Waals surface area contributed by atoms with Crippen molar-refractivity contribution in [3.8, 4) is 28.4 Å². The van der Waals surface area contributed by atoms with E-state index in [0.717, 1.165) is 41.6 Å². The molecule has 1 saturated heterocycles. The zero-order valence-electron chi connectivity index (χ0n) is 16.2. The highest BCUT2D eigenvalue weighted by molar-refractivity contribution is 5.71. The highest BCUT2D eigenvalue weighted by Gasteiger charge is 2.15. The molecule has 1 atom stereocenters. The van der Waals surface area contributed by atoms with Gasteiger partial charge in [0, 0.05) is 12.6 Å². The number of ether oxygens (including phenoxy) is 2. The largest absolute Gasteiger partial charge is 0.497 e. The number of rotatable bonds is 7. The van der Waals surface area contributed by atoms with Gasteiger partial charge in [0.25, 0.3) is 0 Å². The third-order valence-electron chi connectivity index (χ3n) is 5.08. The van der Waals surface area contributed by atoms with Gasteiger partial charge in [0.1, 0.15) is 11.5 Å². The summed E-state index contributed by atoms with van der Waals surface area (Å²) >= 11 is 0. The van der Waals surface area contributed by atoms with E-state index in [1.54, 1.807) is 7.11 Å². The number of nitrogens with one attached hydrogen (secondary N) is 2. The van der Waals surface area contributed by atoms with E-state index in [-0.39, 0.29) is 0 Å². The van der Waals surface area contributed by atoms with Crippen LogP contribution in [0.25, 0.3) is 11.1 Å². The Bertz CT molecular complexity index is 888. The molecule has 0 unspecified atom stereocenters. The Morgan fingerprint density at radius 2 is 1.71 bits per heavy atom. The van der Waals surface area contributed by atoms with E-state index < -0.39 is 0 Å². The average Bonchev–Trinajstić information content (AvgIpc) is 3.28. The van der Waals surface area contributed by atoms with Gasteiger partial charge in [-0.05, 0) is 66.9 Å².